The predicted molar refractivity (Wildman–Crippen MR) is 135 cm³/mol. The number of rotatable bonds is 9. The highest BCUT2D eigenvalue weighted by Crippen LogP contribution is 2.40. The molecule has 0 aliphatic carbocycles. The van der Waals surface area contributed by atoms with Crippen LogP contribution in [0.15, 0.2) is 47.8 Å². The highest BCUT2D eigenvalue weighted by Gasteiger charge is 2.32. The summed E-state index contributed by atoms with van der Waals surface area (Å²) in [5.41, 5.74) is 5.01. The molecule has 0 spiro atoms. The Labute approximate surface area is 195 Å². The van der Waals surface area contributed by atoms with Crippen molar-refractivity contribution in [3.8, 4) is 0 Å². The third kappa shape index (κ3) is 4.47. The van der Waals surface area contributed by atoms with E-state index in [2.05, 4.69) is 51.4 Å². The summed E-state index contributed by atoms with van der Waals surface area (Å²) >= 11 is 1.90. The molecular formula is C27H33N3OS. The van der Waals surface area contributed by atoms with Crippen molar-refractivity contribution in [3.63, 3.8) is 0 Å². The van der Waals surface area contributed by atoms with E-state index in [4.69, 9.17) is 0 Å². The average molecular weight is 448 g/mol. The van der Waals surface area contributed by atoms with Gasteiger partial charge in [0.05, 0.1) is 0 Å². The standard InChI is InChI=1S/C27H33N3OS/c1-28(14-11-21-7-2-3-8-22(21)19-31)12-4-5-13-29-15-16-30-24(18-29)17-23-20-32-26-10-6-9-25(30)27(23)26/h2-3,6-10,19-20,24H,4-5,11-18H2,1H3. The van der Waals surface area contributed by atoms with E-state index in [-0.39, 0.29) is 0 Å². The summed E-state index contributed by atoms with van der Waals surface area (Å²) in [6, 6.07) is 15.4. The minimum Gasteiger partial charge on any atom is -0.365 e. The lowest BCUT2D eigenvalue weighted by atomic mass is 9.94. The van der Waals surface area contributed by atoms with E-state index in [0.29, 0.717) is 6.04 Å². The number of piperazine rings is 1. The van der Waals surface area contributed by atoms with Crippen molar-refractivity contribution in [2.24, 2.45) is 0 Å². The molecule has 1 atom stereocenters. The highest BCUT2D eigenvalue weighted by atomic mass is 32.1. The third-order valence-electron chi connectivity index (χ3n) is 7.19. The Hall–Kier alpha value is -2.21. The molecule has 5 rings (SSSR count). The predicted octanol–water partition coefficient (Wildman–Crippen LogP) is 4.72. The summed E-state index contributed by atoms with van der Waals surface area (Å²) in [6.45, 7) is 6.82. The van der Waals surface area contributed by atoms with Gasteiger partial charge in [-0.25, -0.2) is 0 Å². The number of hydrogen-bond donors (Lipinski definition) is 0. The Balaban J connectivity index is 1.06. The van der Waals surface area contributed by atoms with E-state index < -0.39 is 0 Å². The molecule has 1 unspecified atom stereocenters. The largest absolute Gasteiger partial charge is 0.365 e. The van der Waals surface area contributed by atoms with Crippen LogP contribution in [0.4, 0.5) is 5.69 Å². The Bertz CT molecular complexity index is 1080. The Morgan fingerprint density at radius 1 is 1.09 bits per heavy atom. The number of unbranched alkanes of at least 4 members (excludes halogenated alkanes) is 1. The lowest BCUT2D eigenvalue weighted by molar-refractivity contribution is 0.112. The minimum absolute atomic E-state index is 0.622. The number of carbonyl (C=O) groups is 1. The molecule has 3 heterocycles. The molecule has 5 heteroatoms. The fourth-order valence-electron chi connectivity index (χ4n) is 5.41. The molecule has 4 nitrogen and oxygen atoms in total. The lowest BCUT2D eigenvalue weighted by Gasteiger charge is -2.45. The summed E-state index contributed by atoms with van der Waals surface area (Å²) in [7, 11) is 2.20. The molecule has 2 aliphatic rings. The smallest absolute Gasteiger partial charge is 0.150 e. The van der Waals surface area contributed by atoms with Crippen LogP contribution in [0, 0.1) is 0 Å². The van der Waals surface area contributed by atoms with Crippen LogP contribution in [-0.2, 0) is 12.8 Å². The third-order valence-corrected chi connectivity index (χ3v) is 8.19. The number of anilines is 1. The van der Waals surface area contributed by atoms with Crippen molar-refractivity contribution in [1.82, 2.24) is 9.80 Å². The second kappa shape index (κ2) is 9.74. The van der Waals surface area contributed by atoms with Gasteiger partial charge in [-0.2, -0.15) is 0 Å². The maximum Gasteiger partial charge on any atom is 0.150 e. The molecule has 3 aromatic rings. The molecule has 2 aromatic carbocycles. The molecule has 1 fully saturated rings. The second-order valence-electron chi connectivity index (χ2n) is 9.34. The van der Waals surface area contributed by atoms with Gasteiger partial charge in [-0.3, -0.25) is 9.69 Å². The molecule has 32 heavy (non-hydrogen) atoms. The first-order chi connectivity index (χ1) is 15.7. The Kier molecular flexibility index (Phi) is 6.58. The van der Waals surface area contributed by atoms with Crippen molar-refractivity contribution in [1.29, 1.82) is 0 Å². The maximum absolute atomic E-state index is 11.2. The summed E-state index contributed by atoms with van der Waals surface area (Å²) in [5.74, 6) is 0. The van der Waals surface area contributed by atoms with Crippen LogP contribution in [0.25, 0.3) is 10.1 Å². The first-order valence-electron chi connectivity index (χ1n) is 11.9. The van der Waals surface area contributed by atoms with Gasteiger partial charge in [-0.15, -0.1) is 11.3 Å². The normalized spacial score (nSPS) is 18.3. The monoisotopic (exact) mass is 447 g/mol. The first-order valence-corrected chi connectivity index (χ1v) is 12.8. The van der Waals surface area contributed by atoms with Crippen LogP contribution in [0.2, 0.25) is 0 Å². The molecular weight excluding hydrogens is 414 g/mol. The van der Waals surface area contributed by atoms with E-state index in [1.807, 2.05) is 29.5 Å². The number of aldehydes is 1. The number of fused-ring (bicyclic) bond motifs is 2. The average Bonchev–Trinajstić information content (AvgIpc) is 3.24. The first kappa shape index (κ1) is 21.6. The van der Waals surface area contributed by atoms with E-state index in [9.17, 15) is 4.79 Å². The SMILES string of the molecule is CN(CCCCN1CCN2c3cccc4scc(c34)CC2C1)CCc1ccccc1C=O. The number of carbonyl (C=O) groups excluding carboxylic acids is 1. The van der Waals surface area contributed by atoms with Gasteiger partial charge in [0, 0.05) is 53.6 Å². The van der Waals surface area contributed by atoms with Gasteiger partial charge >= 0.3 is 0 Å². The molecule has 0 bridgehead atoms. The summed E-state index contributed by atoms with van der Waals surface area (Å²) in [4.78, 5) is 18.9. The van der Waals surface area contributed by atoms with Crippen molar-refractivity contribution in [3.05, 3.63) is 64.5 Å². The van der Waals surface area contributed by atoms with Crippen LogP contribution in [0.1, 0.15) is 34.3 Å². The van der Waals surface area contributed by atoms with Crippen LogP contribution < -0.4 is 4.90 Å². The van der Waals surface area contributed by atoms with Gasteiger partial charge < -0.3 is 9.80 Å². The molecule has 1 aromatic heterocycles. The summed E-state index contributed by atoms with van der Waals surface area (Å²) in [5, 5.41) is 3.90. The van der Waals surface area contributed by atoms with Gasteiger partial charge in [-0.1, -0.05) is 30.3 Å². The highest BCUT2D eigenvalue weighted by molar-refractivity contribution is 7.17. The van der Waals surface area contributed by atoms with Crippen molar-refractivity contribution in [2.45, 2.75) is 31.7 Å². The van der Waals surface area contributed by atoms with Crippen LogP contribution in [-0.4, -0.2) is 68.4 Å². The summed E-state index contributed by atoms with van der Waals surface area (Å²) in [6.07, 6.45) is 5.58. The van der Waals surface area contributed by atoms with Gasteiger partial charge in [0.15, 0.2) is 0 Å². The summed E-state index contributed by atoms with van der Waals surface area (Å²) < 4.78 is 1.44. The minimum atomic E-state index is 0.622. The van der Waals surface area contributed by atoms with Gasteiger partial charge in [-0.05, 0) is 74.5 Å². The van der Waals surface area contributed by atoms with Gasteiger partial charge in [0.2, 0.25) is 0 Å². The zero-order valence-corrected chi connectivity index (χ0v) is 19.8. The van der Waals surface area contributed by atoms with E-state index in [1.165, 1.54) is 54.7 Å². The van der Waals surface area contributed by atoms with Crippen LogP contribution >= 0.6 is 11.3 Å². The van der Waals surface area contributed by atoms with E-state index in [0.717, 1.165) is 43.5 Å². The molecule has 2 aliphatic heterocycles. The second-order valence-corrected chi connectivity index (χ2v) is 10.3. The van der Waals surface area contributed by atoms with Crippen LogP contribution in [0.3, 0.4) is 0 Å². The maximum atomic E-state index is 11.2. The quantitative estimate of drug-likeness (QED) is 0.350. The molecule has 0 amide bonds. The van der Waals surface area contributed by atoms with Crippen molar-refractivity contribution < 1.29 is 4.79 Å². The molecule has 1 saturated heterocycles. The van der Waals surface area contributed by atoms with E-state index >= 15 is 0 Å². The lowest BCUT2D eigenvalue weighted by Crippen LogP contribution is -2.55. The zero-order chi connectivity index (χ0) is 21.9. The Morgan fingerprint density at radius 2 is 2.00 bits per heavy atom. The molecule has 0 radical (unpaired) electrons. The molecule has 0 N–H and O–H groups in total. The van der Waals surface area contributed by atoms with Gasteiger partial charge in [0.25, 0.3) is 0 Å². The topological polar surface area (TPSA) is 26.8 Å². The molecule has 168 valence electrons. The van der Waals surface area contributed by atoms with Crippen molar-refractivity contribution >= 4 is 33.4 Å². The number of hydrogen-bond acceptors (Lipinski definition) is 5. The van der Waals surface area contributed by atoms with E-state index in [1.54, 1.807) is 5.56 Å². The zero-order valence-electron chi connectivity index (χ0n) is 19.0. The van der Waals surface area contributed by atoms with Gasteiger partial charge in [0.1, 0.15) is 6.29 Å². The Morgan fingerprint density at radius 3 is 2.91 bits per heavy atom. The number of likely N-dealkylation sites (N-methyl/N-ethyl adjacent to an activating group) is 1. The fourth-order valence-corrected chi connectivity index (χ4v) is 6.40. The van der Waals surface area contributed by atoms with Crippen LogP contribution in [0.5, 0.6) is 0 Å². The van der Waals surface area contributed by atoms with Crippen molar-refractivity contribution in [2.75, 3.05) is 51.2 Å². The molecule has 0 saturated carbocycles. The number of nitrogens with zero attached hydrogens (tertiary/aromatic N) is 3. The number of benzene rings is 2. The number of thiophene rings is 1. The fraction of sp³-hybridized carbons (Fsp3) is 0.444.